The first-order valence-corrected chi connectivity index (χ1v) is 17.2. The molecular weight excluding hydrogens is 486 g/mol. The van der Waals surface area contributed by atoms with E-state index >= 15 is 0 Å². The van der Waals surface area contributed by atoms with Crippen LogP contribution < -0.4 is 0 Å². The third-order valence-corrected chi connectivity index (χ3v) is 7.96. The highest BCUT2D eigenvalue weighted by Crippen LogP contribution is 2.21. The van der Waals surface area contributed by atoms with E-state index in [1.165, 1.54) is 96.3 Å². The van der Waals surface area contributed by atoms with Crippen LogP contribution in [-0.4, -0.2) is 62.5 Å². The van der Waals surface area contributed by atoms with Gasteiger partial charge in [-0.1, -0.05) is 110 Å². The largest absolute Gasteiger partial charge is 0.465 e. The Labute approximate surface area is 244 Å². The summed E-state index contributed by atoms with van der Waals surface area (Å²) in [7, 11) is 1.78. The molecule has 0 bridgehead atoms. The van der Waals surface area contributed by atoms with E-state index in [0.29, 0.717) is 13.2 Å². The van der Waals surface area contributed by atoms with Gasteiger partial charge in [0.15, 0.2) is 0 Å². The van der Waals surface area contributed by atoms with Crippen LogP contribution in [-0.2, 0) is 14.3 Å². The lowest BCUT2D eigenvalue weighted by Crippen LogP contribution is -2.27. The monoisotopic (exact) mass is 556 g/mol. The Morgan fingerprint density at radius 1 is 0.590 bits per heavy atom. The summed E-state index contributed by atoms with van der Waals surface area (Å²) < 4.78 is 10.9. The van der Waals surface area contributed by atoms with Gasteiger partial charge in [-0.2, -0.15) is 0 Å². The molecule has 0 aromatic heterocycles. The number of esters is 1. The van der Waals surface area contributed by atoms with Gasteiger partial charge < -0.3 is 19.5 Å². The van der Waals surface area contributed by atoms with Gasteiger partial charge in [-0.15, -0.1) is 0 Å². The van der Waals surface area contributed by atoms with Gasteiger partial charge in [-0.3, -0.25) is 4.79 Å². The van der Waals surface area contributed by atoms with E-state index in [2.05, 4.69) is 18.7 Å². The average molecular weight is 556 g/mol. The van der Waals surface area contributed by atoms with Crippen molar-refractivity contribution in [2.45, 2.75) is 162 Å². The highest BCUT2D eigenvalue weighted by Gasteiger charge is 2.19. The number of nitrogens with zero attached hydrogens (tertiary/aromatic N) is 1. The zero-order chi connectivity index (χ0) is 28.7. The molecule has 0 aliphatic carbocycles. The van der Waals surface area contributed by atoms with Crippen LogP contribution in [0.1, 0.15) is 162 Å². The van der Waals surface area contributed by atoms with Crippen molar-refractivity contribution in [1.82, 2.24) is 4.90 Å². The van der Waals surface area contributed by atoms with E-state index in [-0.39, 0.29) is 11.9 Å². The molecule has 0 aromatic rings. The first-order chi connectivity index (χ1) is 19.2. The van der Waals surface area contributed by atoms with Gasteiger partial charge in [0.2, 0.25) is 0 Å². The van der Waals surface area contributed by atoms with E-state index in [1.807, 2.05) is 0 Å². The first kappa shape index (κ1) is 38.4. The fourth-order valence-electron chi connectivity index (χ4n) is 5.35. The van der Waals surface area contributed by atoms with E-state index in [1.54, 1.807) is 7.11 Å². The zero-order valence-electron chi connectivity index (χ0n) is 26.7. The van der Waals surface area contributed by atoms with Crippen LogP contribution >= 0.6 is 0 Å². The van der Waals surface area contributed by atoms with Crippen LogP contribution in [0.25, 0.3) is 0 Å². The molecule has 0 aliphatic rings. The van der Waals surface area contributed by atoms with Crippen molar-refractivity contribution in [3.05, 3.63) is 0 Å². The number of carbonyl (C=O) groups excluding carboxylic acids is 1. The third kappa shape index (κ3) is 27.3. The summed E-state index contributed by atoms with van der Waals surface area (Å²) in [4.78, 5) is 15.4. The maximum absolute atomic E-state index is 12.9. The van der Waals surface area contributed by atoms with Gasteiger partial charge in [0.25, 0.3) is 0 Å². The lowest BCUT2D eigenvalue weighted by molar-refractivity contribution is -0.149. The summed E-state index contributed by atoms with van der Waals surface area (Å²) in [6.45, 7) is 9.65. The van der Waals surface area contributed by atoms with Crippen molar-refractivity contribution in [2.24, 2.45) is 5.92 Å². The molecule has 5 heteroatoms. The summed E-state index contributed by atoms with van der Waals surface area (Å²) in [5.74, 6) is 0.180. The minimum absolute atomic E-state index is 0.0691. The SMILES string of the molecule is CCCCCCCCC(CCCCCCC)C(=O)OCCCCCCN(CCCCO)CCCCCCOC. The number of hydrogen-bond donors (Lipinski definition) is 1. The Morgan fingerprint density at radius 3 is 1.54 bits per heavy atom. The summed E-state index contributed by atoms with van der Waals surface area (Å²) in [5.41, 5.74) is 0. The van der Waals surface area contributed by atoms with Crippen molar-refractivity contribution in [2.75, 3.05) is 46.6 Å². The van der Waals surface area contributed by atoms with Gasteiger partial charge >= 0.3 is 5.97 Å². The van der Waals surface area contributed by atoms with E-state index in [0.717, 1.165) is 77.6 Å². The molecule has 1 atom stereocenters. The summed E-state index contributed by atoms with van der Waals surface area (Å²) in [6, 6.07) is 0. The first-order valence-electron chi connectivity index (χ1n) is 17.2. The fraction of sp³-hybridized carbons (Fsp3) is 0.971. The minimum atomic E-state index is 0.0691. The van der Waals surface area contributed by atoms with Gasteiger partial charge in [0.05, 0.1) is 12.5 Å². The predicted octanol–water partition coefficient (Wildman–Crippen LogP) is 9.10. The predicted molar refractivity (Wildman–Crippen MR) is 167 cm³/mol. The molecule has 0 saturated heterocycles. The molecular formula is C34H69NO4. The Balaban J connectivity index is 4.17. The van der Waals surface area contributed by atoms with Crippen molar-refractivity contribution in [3.63, 3.8) is 0 Å². The second kappa shape index (κ2) is 31.9. The zero-order valence-corrected chi connectivity index (χ0v) is 26.7. The maximum Gasteiger partial charge on any atom is 0.308 e. The molecule has 0 saturated carbocycles. The van der Waals surface area contributed by atoms with E-state index in [9.17, 15) is 4.79 Å². The van der Waals surface area contributed by atoms with Gasteiger partial charge in [0.1, 0.15) is 0 Å². The molecule has 0 spiro atoms. The van der Waals surface area contributed by atoms with Crippen LogP contribution in [0.2, 0.25) is 0 Å². The number of methoxy groups -OCH3 is 1. The molecule has 0 radical (unpaired) electrons. The quantitative estimate of drug-likeness (QED) is 0.0662. The van der Waals surface area contributed by atoms with Crippen molar-refractivity contribution < 1.29 is 19.4 Å². The molecule has 0 heterocycles. The molecule has 0 rings (SSSR count). The molecule has 39 heavy (non-hydrogen) atoms. The number of unbranched alkanes of at least 4 members (excludes halogenated alkanes) is 16. The number of carbonyl (C=O) groups is 1. The Morgan fingerprint density at radius 2 is 1.03 bits per heavy atom. The molecule has 0 fully saturated rings. The van der Waals surface area contributed by atoms with Crippen LogP contribution in [0.15, 0.2) is 0 Å². The van der Waals surface area contributed by atoms with Gasteiger partial charge in [-0.25, -0.2) is 0 Å². The highest BCUT2D eigenvalue weighted by atomic mass is 16.5. The number of aliphatic hydroxyl groups is 1. The maximum atomic E-state index is 12.9. The van der Waals surface area contributed by atoms with Gasteiger partial charge in [0, 0.05) is 20.3 Å². The van der Waals surface area contributed by atoms with Crippen LogP contribution in [0.4, 0.5) is 0 Å². The summed E-state index contributed by atoms with van der Waals surface area (Å²) in [5, 5.41) is 9.14. The number of hydrogen-bond acceptors (Lipinski definition) is 5. The van der Waals surface area contributed by atoms with Crippen LogP contribution in [0.3, 0.4) is 0 Å². The number of ether oxygens (including phenoxy) is 2. The van der Waals surface area contributed by atoms with Crippen LogP contribution in [0.5, 0.6) is 0 Å². The Kier molecular flexibility index (Phi) is 31.3. The lowest BCUT2D eigenvalue weighted by atomic mass is 9.94. The molecule has 0 amide bonds. The van der Waals surface area contributed by atoms with Gasteiger partial charge in [-0.05, 0) is 71.0 Å². The molecule has 5 nitrogen and oxygen atoms in total. The van der Waals surface area contributed by atoms with E-state index in [4.69, 9.17) is 14.6 Å². The molecule has 1 unspecified atom stereocenters. The molecule has 1 N–H and O–H groups in total. The smallest absolute Gasteiger partial charge is 0.308 e. The number of rotatable bonds is 32. The van der Waals surface area contributed by atoms with E-state index < -0.39 is 0 Å². The third-order valence-electron chi connectivity index (χ3n) is 7.96. The minimum Gasteiger partial charge on any atom is -0.465 e. The molecule has 0 aliphatic heterocycles. The number of aliphatic hydroxyl groups excluding tert-OH is 1. The average Bonchev–Trinajstić information content (AvgIpc) is 2.94. The second-order valence-corrected chi connectivity index (χ2v) is 11.7. The summed E-state index contributed by atoms with van der Waals surface area (Å²) in [6.07, 6.45) is 27.4. The summed E-state index contributed by atoms with van der Waals surface area (Å²) >= 11 is 0. The van der Waals surface area contributed by atoms with Crippen LogP contribution in [0, 0.1) is 5.92 Å². The molecule has 0 aromatic carbocycles. The Bertz CT molecular complexity index is 488. The normalized spacial score (nSPS) is 12.3. The molecule has 234 valence electrons. The lowest BCUT2D eigenvalue weighted by Gasteiger charge is -2.22. The van der Waals surface area contributed by atoms with Crippen molar-refractivity contribution in [3.8, 4) is 0 Å². The topological polar surface area (TPSA) is 59.0 Å². The highest BCUT2D eigenvalue weighted by molar-refractivity contribution is 5.72. The standard InChI is InChI=1S/C34H69NO4/c1-4-6-8-10-12-18-26-33(25-17-11-9-7-5-2)34(37)39-32-24-16-14-20-28-35(29-21-22-30-36)27-19-13-15-23-31-38-3/h33,36H,4-32H2,1-3H3. The van der Waals surface area contributed by atoms with Crippen molar-refractivity contribution in [1.29, 1.82) is 0 Å². The Hall–Kier alpha value is -0.650. The second-order valence-electron chi connectivity index (χ2n) is 11.7. The van der Waals surface area contributed by atoms with Crippen molar-refractivity contribution >= 4 is 5.97 Å². The fourth-order valence-corrected chi connectivity index (χ4v) is 5.35.